The Bertz CT molecular complexity index is 588. The second kappa shape index (κ2) is 6.51. The van der Waals surface area contributed by atoms with E-state index in [0.717, 1.165) is 15.8 Å². The van der Waals surface area contributed by atoms with E-state index in [2.05, 4.69) is 15.9 Å². The predicted molar refractivity (Wildman–Crippen MR) is 81.5 cm³/mol. The van der Waals surface area contributed by atoms with Crippen molar-refractivity contribution in [1.82, 2.24) is 0 Å². The van der Waals surface area contributed by atoms with Crippen molar-refractivity contribution in [3.05, 3.63) is 56.5 Å². The molecule has 0 heterocycles. The van der Waals surface area contributed by atoms with Gasteiger partial charge in [-0.1, -0.05) is 45.2 Å². The second-order valence-corrected chi connectivity index (χ2v) is 5.50. The summed E-state index contributed by atoms with van der Waals surface area (Å²) < 4.78 is 11.9. The maximum Gasteiger partial charge on any atom is 0.139 e. The van der Waals surface area contributed by atoms with Crippen LogP contribution >= 0.6 is 39.1 Å². The van der Waals surface area contributed by atoms with Crippen molar-refractivity contribution in [3.63, 3.8) is 0 Å². The number of benzene rings is 2. The highest BCUT2D eigenvalue weighted by atomic mass is 79.9. The Morgan fingerprint density at radius 3 is 2.63 bits per heavy atom. The van der Waals surface area contributed by atoms with Crippen LogP contribution in [0.15, 0.2) is 40.9 Å². The minimum absolute atomic E-state index is 0.350. The molecule has 0 radical (unpaired) electrons. The Balaban J connectivity index is 2.18. The van der Waals surface area contributed by atoms with Crippen molar-refractivity contribution >= 4 is 39.1 Å². The van der Waals surface area contributed by atoms with E-state index in [0.29, 0.717) is 22.4 Å². The molecule has 5 heteroatoms. The minimum Gasteiger partial charge on any atom is -0.496 e. The summed E-state index contributed by atoms with van der Waals surface area (Å²) in [4.78, 5) is 0. The standard InChI is InChI=1S/C14H11BrCl2O2/c1-18-12-6-5-10(15)7-9(12)8-19-13-4-2-3-11(16)14(13)17/h2-7H,8H2,1H3. The molecule has 0 fully saturated rings. The monoisotopic (exact) mass is 360 g/mol. The molecule has 0 amide bonds. The van der Waals surface area contributed by atoms with Crippen LogP contribution < -0.4 is 9.47 Å². The SMILES string of the molecule is COc1ccc(Br)cc1COc1cccc(Cl)c1Cl. The molecule has 2 aromatic rings. The maximum absolute atomic E-state index is 6.07. The van der Waals surface area contributed by atoms with Crippen molar-refractivity contribution in [2.75, 3.05) is 7.11 Å². The molecule has 2 nitrogen and oxygen atoms in total. The highest BCUT2D eigenvalue weighted by Crippen LogP contribution is 2.33. The van der Waals surface area contributed by atoms with Crippen molar-refractivity contribution in [2.45, 2.75) is 6.61 Å². The van der Waals surface area contributed by atoms with E-state index >= 15 is 0 Å². The summed E-state index contributed by atoms with van der Waals surface area (Å²) >= 11 is 15.4. The summed E-state index contributed by atoms with van der Waals surface area (Å²) in [6.07, 6.45) is 0. The lowest BCUT2D eigenvalue weighted by molar-refractivity contribution is 0.297. The van der Waals surface area contributed by atoms with Gasteiger partial charge in [-0.15, -0.1) is 0 Å². The van der Waals surface area contributed by atoms with Gasteiger partial charge in [0.1, 0.15) is 23.1 Å². The molecule has 0 saturated heterocycles. The highest BCUT2D eigenvalue weighted by molar-refractivity contribution is 9.10. The molecule has 0 aromatic heterocycles. The topological polar surface area (TPSA) is 18.5 Å². The average molecular weight is 362 g/mol. The van der Waals surface area contributed by atoms with Crippen molar-refractivity contribution < 1.29 is 9.47 Å². The summed E-state index contributed by atoms with van der Waals surface area (Å²) in [5.41, 5.74) is 0.924. The third-order valence-corrected chi connectivity index (χ3v) is 3.84. The molecule has 0 saturated carbocycles. The maximum atomic E-state index is 6.07. The average Bonchev–Trinajstić information content (AvgIpc) is 2.40. The van der Waals surface area contributed by atoms with E-state index in [1.54, 1.807) is 25.3 Å². The molecular weight excluding hydrogens is 351 g/mol. The van der Waals surface area contributed by atoms with Gasteiger partial charge in [-0.2, -0.15) is 0 Å². The lowest BCUT2D eigenvalue weighted by Crippen LogP contribution is -1.99. The number of ether oxygens (including phenoxy) is 2. The van der Waals surface area contributed by atoms with Gasteiger partial charge < -0.3 is 9.47 Å². The van der Waals surface area contributed by atoms with Gasteiger partial charge in [-0.25, -0.2) is 0 Å². The van der Waals surface area contributed by atoms with Crippen LogP contribution in [0.4, 0.5) is 0 Å². The molecular formula is C14H11BrCl2O2. The Kier molecular flexibility index (Phi) is 4.97. The number of hydrogen-bond donors (Lipinski definition) is 0. The zero-order chi connectivity index (χ0) is 13.8. The molecule has 100 valence electrons. The van der Waals surface area contributed by atoms with Gasteiger partial charge in [-0.05, 0) is 30.3 Å². The third-order valence-electron chi connectivity index (χ3n) is 2.54. The Morgan fingerprint density at radius 1 is 1.11 bits per heavy atom. The van der Waals surface area contributed by atoms with Crippen LogP contribution in [0.3, 0.4) is 0 Å². The van der Waals surface area contributed by atoms with E-state index in [9.17, 15) is 0 Å². The lowest BCUT2D eigenvalue weighted by Gasteiger charge is -2.12. The Labute approximate surface area is 130 Å². The lowest BCUT2D eigenvalue weighted by atomic mass is 10.2. The Morgan fingerprint density at radius 2 is 1.89 bits per heavy atom. The van der Waals surface area contributed by atoms with E-state index in [4.69, 9.17) is 32.7 Å². The summed E-state index contributed by atoms with van der Waals surface area (Å²) in [5.74, 6) is 1.32. The van der Waals surface area contributed by atoms with Crippen LogP contribution in [-0.2, 0) is 6.61 Å². The third kappa shape index (κ3) is 3.56. The van der Waals surface area contributed by atoms with Crippen LogP contribution in [0.5, 0.6) is 11.5 Å². The van der Waals surface area contributed by atoms with Crippen molar-refractivity contribution in [3.8, 4) is 11.5 Å². The van der Waals surface area contributed by atoms with Gasteiger partial charge in [0.2, 0.25) is 0 Å². The molecule has 0 unspecified atom stereocenters. The van der Waals surface area contributed by atoms with Gasteiger partial charge in [0, 0.05) is 10.0 Å². The van der Waals surface area contributed by atoms with E-state index in [1.165, 1.54) is 0 Å². The molecule has 19 heavy (non-hydrogen) atoms. The molecule has 2 aromatic carbocycles. The van der Waals surface area contributed by atoms with Crippen LogP contribution in [0.1, 0.15) is 5.56 Å². The van der Waals surface area contributed by atoms with E-state index in [-0.39, 0.29) is 0 Å². The van der Waals surface area contributed by atoms with Gasteiger partial charge >= 0.3 is 0 Å². The number of hydrogen-bond acceptors (Lipinski definition) is 2. The first-order valence-corrected chi connectivity index (χ1v) is 7.06. The summed E-state index contributed by atoms with van der Waals surface area (Å²) in [6.45, 7) is 0.350. The smallest absolute Gasteiger partial charge is 0.139 e. The molecule has 0 aliphatic heterocycles. The molecule has 2 rings (SSSR count). The van der Waals surface area contributed by atoms with E-state index < -0.39 is 0 Å². The zero-order valence-electron chi connectivity index (χ0n) is 10.1. The molecule has 0 aliphatic carbocycles. The highest BCUT2D eigenvalue weighted by Gasteiger charge is 2.08. The zero-order valence-corrected chi connectivity index (χ0v) is 13.2. The van der Waals surface area contributed by atoms with Gasteiger partial charge in [0.05, 0.1) is 12.1 Å². The van der Waals surface area contributed by atoms with E-state index in [1.807, 2.05) is 18.2 Å². The number of methoxy groups -OCH3 is 1. The molecule has 0 spiro atoms. The van der Waals surface area contributed by atoms with Crippen LogP contribution in [0.25, 0.3) is 0 Å². The van der Waals surface area contributed by atoms with Crippen LogP contribution in [0.2, 0.25) is 10.0 Å². The van der Waals surface area contributed by atoms with Gasteiger partial charge in [0.15, 0.2) is 0 Å². The fraction of sp³-hybridized carbons (Fsp3) is 0.143. The molecule has 0 aliphatic rings. The van der Waals surface area contributed by atoms with Gasteiger partial charge in [0.25, 0.3) is 0 Å². The summed E-state index contributed by atoms with van der Waals surface area (Å²) in [5, 5.41) is 0.888. The number of halogens is 3. The Hall–Kier alpha value is -0.900. The normalized spacial score (nSPS) is 10.3. The molecule has 0 N–H and O–H groups in total. The van der Waals surface area contributed by atoms with Crippen LogP contribution in [-0.4, -0.2) is 7.11 Å². The molecule has 0 atom stereocenters. The first-order valence-electron chi connectivity index (χ1n) is 5.51. The quantitative estimate of drug-likeness (QED) is 0.731. The second-order valence-electron chi connectivity index (χ2n) is 3.80. The van der Waals surface area contributed by atoms with Crippen LogP contribution in [0, 0.1) is 0 Å². The van der Waals surface area contributed by atoms with Crippen molar-refractivity contribution in [1.29, 1.82) is 0 Å². The van der Waals surface area contributed by atoms with Gasteiger partial charge in [-0.3, -0.25) is 0 Å². The summed E-state index contributed by atoms with van der Waals surface area (Å²) in [6, 6.07) is 11.0. The minimum atomic E-state index is 0.350. The summed E-state index contributed by atoms with van der Waals surface area (Å²) in [7, 11) is 1.62. The first kappa shape index (κ1) is 14.5. The fourth-order valence-corrected chi connectivity index (χ4v) is 2.37. The predicted octanol–water partition coefficient (Wildman–Crippen LogP) is 5.34. The van der Waals surface area contributed by atoms with Crippen molar-refractivity contribution in [2.24, 2.45) is 0 Å². The number of rotatable bonds is 4. The fourth-order valence-electron chi connectivity index (χ4n) is 1.61. The molecule has 0 bridgehead atoms. The first-order chi connectivity index (χ1) is 9.11. The largest absolute Gasteiger partial charge is 0.496 e.